The summed E-state index contributed by atoms with van der Waals surface area (Å²) in [4.78, 5) is -0.304. The Morgan fingerprint density at radius 2 is 1.70 bits per heavy atom. The van der Waals surface area contributed by atoms with Gasteiger partial charge in [0.25, 0.3) is 0 Å². The Morgan fingerprint density at radius 1 is 1.20 bits per heavy atom. The third-order valence-corrected chi connectivity index (χ3v) is 3.72. The molecule has 56 valence electrons. The first-order chi connectivity index (χ1) is 4.46. The van der Waals surface area contributed by atoms with Gasteiger partial charge in [0.05, 0.1) is 9.20 Å². The molecule has 0 N–H and O–H groups in total. The minimum atomic E-state index is -0.304. The molecule has 0 saturated carbocycles. The van der Waals surface area contributed by atoms with E-state index in [1.165, 1.54) is 0 Å². The van der Waals surface area contributed by atoms with Gasteiger partial charge in [0.1, 0.15) is 0 Å². The van der Waals surface area contributed by atoms with E-state index in [1.54, 1.807) is 0 Å². The molecule has 0 fully saturated rings. The summed E-state index contributed by atoms with van der Waals surface area (Å²) >= 11 is 9.72. The van der Waals surface area contributed by atoms with Gasteiger partial charge in [-0.3, -0.25) is 0 Å². The van der Waals surface area contributed by atoms with E-state index in [4.69, 9.17) is 11.6 Å². The van der Waals surface area contributed by atoms with Crippen LogP contribution in [0.5, 0.6) is 0 Å². The molecule has 1 rings (SSSR count). The normalized spacial score (nSPS) is 46.0. The smallest absolute Gasteiger partial charge is 0.0786 e. The molecule has 0 amide bonds. The zero-order valence-electron chi connectivity index (χ0n) is 6.07. The van der Waals surface area contributed by atoms with Crippen LogP contribution in [0.2, 0.25) is 0 Å². The van der Waals surface area contributed by atoms with E-state index in [-0.39, 0.29) is 9.20 Å². The van der Waals surface area contributed by atoms with E-state index >= 15 is 0 Å². The molecule has 0 aromatic heterocycles. The van der Waals surface area contributed by atoms with Crippen LogP contribution >= 0.6 is 27.5 Å². The highest BCUT2D eigenvalue weighted by molar-refractivity contribution is 9.10. The van der Waals surface area contributed by atoms with Crippen LogP contribution in [0.15, 0.2) is 24.3 Å². The first-order valence-electron chi connectivity index (χ1n) is 3.21. The summed E-state index contributed by atoms with van der Waals surface area (Å²) in [6, 6.07) is 0. The second kappa shape index (κ2) is 2.38. The fourth-order valence-electron chi connectivity index (χ4n) is 0.798. The molecular formula is C8H10BrCl. The van der Waals surface area contributed by atoms with Gasteiger partial charge >= 0.3 is 0 Å². The number of hydrogen-bond donors (Lipinski definition) is 0. The third kappa shape index (κ3) is 1.30. The maximum Gasteiger partial charge on any atom is 0.0786 e. The summed E-state index contributed by atoms with van der Waals surface area (Å²) in [5.74, 6) is 0. The summed E-state index contributed by atoms with van der Waals surface area (Å²) in [6.45, 7) is 4.04. The maximum atomic E-state index is 6.18. The van der Waals surface area contributed by atoms with Crippen LogP contribution in [0.4, 0.5) is 0 Å². The predicted octanol–water partition coefficient (Wildman–Crippen LogP) is 3.26. The van der Waals surface area contributed by atoms with Gasteiger partial charge in [-0.05, 0) is 13.8 Å². The summed E-state index contributed by atoms with van der Waals surface area (Å²) < 4.78 is -0.115. The van der Waals surface area contributed by atoms with E-state index in [9.17, 15) is 0 Å². The Bertz CT molecular complexity index is 167. The maximum absolute atomic E-state index is 6.18. The van der Waals surface area contributed by atoms with E-state index in [0.717, 1.165) is 0 Å². The third-order valence-electron chi connectivity index (χ3n) is 1.89. The standard InChI is InChI=1S/C8H10BrCl/c1-7(9)5-3-4-6-8(7,2)10/h3-6H,1-2H3. The zero-order chi connectivity index (χ0) is 7.83. The van der Waals surface area contributed by atoms with Crippen molar-refractivity contribution in [1.82, 2.24) is 0 Å². The summed E-state index contributed by atoms with van der Waals surface area (Å²) in [5.41, 5.74) is 0. The van der Waals surface area contributed by atoms with E-state index in [1.807, 2.05) is 25.2 Å². The predicted molar refractivity (Wildman–Crippen MR) is 49.9 cm³/mol. The molecule has 0 aromatic carbocycles. The highest BCUT2D eigenvalue weighted by atomic mass is 79.9. The highest BCUT2D eigenvalue weighted by Crippen LogP contribution is 2.40. The second-order valence-corrected chi connectivity index (χ2v) is 5.30. The summed E-state index contributed by atoms with van der Waals surface area (Å²) in [6.07, 6.45) is 8.01. The van der Waals surface area contributed by atoms with Crippen molar-refractivity contribution >= 4 is 27.5 Å². The summed E-state index contributed by atoms with van der Waals surface area (Å²) in [5, 5.41) is 0. The average Bonchev–Trinajstić information content (AvgIpc) is 1.77. The number of rotatable bonds is 0. The topological polar surface area (TPSA) is 0 Å². The number of hydrogen-bond acceptors (Lipinski definition) is 0. The molecule has 0 heterocycles. The number of alkyl halides is 2. The lowest BCUT2D eigenvalue weighted by Gasteiger charge is -2.34. The van der Waals surface area contributed by atoms with Crippen molar-refractivity contribution in [1.29, 1.82) is 0 Å². The minimum absolute atomic E-state index is 0.115. The number of halogens is 2. The van der Waals surface area contributed by atoms with Crippen LogP contribution in [0.3, 0.4) is 0 Å². The largest absolute Gasteiger partial charge is 0.113 e. The van der Waals surface area contributed by atoms with Gasteiger partial charge in [-0.15, -0.1) is 11.6 Å². The van der Waals surface area contributed by atoms with E-state index < -0.39 is 0 Å². The molecule has 0 bridgehead atoms. The molecule has 2 unspecified atom stereocenters. The van der Waals surface area contributed by atoms with Gasteiger partial charge in [0.2, 0.25) is 0 Å². The van der Waals surface area contributed by atoms with Gasteiger partial charge in [-0.1, -0.05) is 40.2 Å². The monoisotopic (exact) mass is 220 g/mol. The molecule has 2 atom stereocenters. The number of allylic oxidation sites excluding steroid dienone is 4. The molecule has 1 aliphatic rings. The van der Waals surface area contributed by atoms with Gasteiger partial charge in [0.15, 0.2) is 0 Å². The highest BCUT2D eigenvalue weighted by Gasteiger charge is 2.37. The zero-order valence-corrected chi connectivity index (χ0v) is 8.41. The molecule has 0 aliphatic heterocycles. The van der Waals surface area contributed by atoms with Crippen LogP contribution in [-0.4, -0.2) is 9.20 Å². The van der Waals surface area contributed by atoms with Crippen LogP contribution in [-0.2, 0) is 0 Å². The van der Waals surface area contributed by atoms with Crippen molar-refractivity contribution in [2.45, 2.75) is 23.0 Å². The fraction of sp³-hybridized carbons (Fsp3) is 0.500. The van der Waals surface area contributed by atoms with Crippen molar-refractivity contribution in [2.24, 2.45) is 0 Å². The molecular weight excluding hydrogens is 211 g/mol. The van der Waals surface area contributed by atoms with Crippen molar-refractivity contribution in [3.05, 3.63) is 24.3 Å². The lowest BCUT2D eigenvalue weighted by molar-refractivity contribution is 0.650. The van der Waals surface area contributed by atoms with E-state index in [0.29, 0.717) is 0 Å². The lowest BCUT2D eigenvalue weighted by Crippen LogP contribution is -2.37. The fourth-order valence-corrected chi connectivity index (χ4v) is 1.22. The van der Waals surface area contributed by atoms with Crippen molar-refractivity contribution in [3.8, 4) is 0 Å². The Kier molecular flexibility index (Phi) is 1.99. The van der Waals surface area contributed by atoms with Gasteiger partial charge in [-0.25, -0.2) is 0 Å². The molecule has 0 aromatic rings. The first kappa shape index (κ1) is 8.35. The lowest BCUT2D eigenvalue weighted by atomic mass is 9.91. The first-order valence-corrected chi connectivity index (χ1v) is 4.38. The van der Waals surface area contributed by atoms with Crippen molar-refractivity contribution in [2.75, 3.05) is 0 Å². The van der Waals surface area contributed by atoms with Gasteiger partial charge in [0, 0.05) is 0 Å². The van der Waals surface area contributed by atoms with Crippen molar-refractivity contribution < 1.29 is 0 Å². The molecule has 10 heavy (non-hydrogen) atoms. The SMILES string of the molecule is CC1(Cl)C=CC=CC1(C)Br. The van der Waals surface area contributed by atoms with Gasteiger partial charge < -0.3 is 0 Å². The minimum Gasteiger partial charge on any atom is -0.113 e. The Balaban J connectivity index is 2.96. The molecule has 1 aliphatic carbocycles. The molecule has 0 spiro atoms. The quantitative estimate of drug-likeness (QED) is 0.551. The molecule has 0 nitrogen and oxygen atoms in total. The molecule has 0 radical (unpaired) electrons. The van der Waals surface area contributed by atoms with Crippen LogP contribution in [0.25, 0.3) is 0 Å². The molecule has 2 heteroatoms. The van der Waals surface area contributed by atoms with Crippen molar-refractivity contribution in [3.63, 3.8) is 0 Å². The molecule has 0 saturated heterocycles. The van der Waals surface area contributed by atoms with Crippen LogP contribution in [0, 0.1) is 0 Å². The van der Waals surface area contributed by atoms with Crippen LogP contribution in [0.1, 0.15) is 13.8 Å². The Labute approximate surface area is 75.1 Å². The Morgan fingerprint density at radius 3 is 2.00 bits per heavy atom. The van der Waals surface area contributed by atoms with E-state index in [2.05, 4.69) is 28.9 Å². The average molecular weight is 222 g/mol. The second-order valence-electron chi connectivity index (χ2n) is 2.87. The van der Waals surface area contributed by atoms with Gasteiger partial charge in [-0.2, -0.15) is 0 Å². The Hall–Kier alpha value is 0.250. The van der Waals surface area contributed by atoms with Crippen LogP contribution < -0.4 is 0 Å². The summed E-state index contributed by atoms with van der Waals surface area (Å²) in [7, 11) is 0.